The van der Waals surface area contributed by atoms with Gasteiger partial charge in [0.15, 0.2) is 0 Å². The minimum Gasteiger partial charge on any atom is -0.322 e. The molecule has 1 amide bonds. The van der Waals surface area contributed by atoms with Crippen LogP contribution in [0.4, 0.5) is 10.1 Å². The molecular formula is C13H16BrFN2O. The van der Waals surface area contributed by atoms with Gasteiger partial charge in [0.05, 0.1) is 11.2 Å². The Balaban J connectivity index is 2.11. The molecule has 0 aromatic heterocycles. The van der Waals surface area contributed by atoms with Crippen LogP contribution in [0.25, 0.3) is 0 Å². The predicted molar refractivity (Wildman–Crippen MR) is 72.7 cm³/mol. The van der Waals surface area contributed by atoms with Crippen molar-refractivity contribution in [3.05, 3.63) is 28.5 Å². The van der Waals surface area contributed by atoms with E-state index in [-0.39, 0.29) is 11.6 Å². The Kier molecular flexibility index (Phi) is 4.02. The molecule has 0 atom stereocenters. The summed E-state index contributed by atoms with van der Waals surface area (Å²) in [5.41, 5.74) is 5.42. The zero-order chi connectivity index (χ0) is 13.2. The van der Waals surface area contributed by atoms with E-state index >= 15 is 0 Å². The Bertz CT molecular complexity index is 458. The van der Waals surface area contributed by atoms with Crippen LogP contribution in [0.5, 0.6) is 0 Å². The minimum atomic E-state index is -0.849. The van der Waals surface area contributed by atoms with Gasteiger partial charge in [0.25, 0.3) is 0 Å². The molecule has 1 saturated carbocycles. The van der Waals surface area contributed by atoms with Gasteiger partial charge < -0.3 is 11.1 Å². The zero-order valence-electron chi connectivity index (χ0n) is 10.0. The lowest BCUT2D eigenvalue weighted by atomic mass is 9.82. The number of hydrogen-bond acceptors (Lipinski definition) is 2. The van der Waals surface area contributed by atoms with E-state index in [1.165, 1.54) is 12.1 Å². The summed E-state index contributed by atoms with van der Waals surface area (Å²) in [6, 6.07) is 4.53. The molecule has 1 aliphatic carbocycles. The van der Waals surface area contributed by atoms with E-state index in [9.17, 15) is 9.18 Å². The highest BCUT2D eigenvalue weighted by molar-refractivity contribution is 9.10. The average molecular weight is 315 g/mol. The summed E-state index contributed by atoms with van der Waals surface area (Å²) in [7, 11) is 0. The van der Waals surface area contributed by atoms with Crippen molar-refractivity contribution < 1.29 is 9.18 Å². The molecule has 0 aliphatic heterocycles. The lowest BCUT2D eigenvalue weighted by molar-refractivity contribution is -0.122. The number of nitrogens with two attached hydrogens (primary N) is 1. The fourth-order valence-electron chi connectivity index (χ4n) is 2.25. The Labute approximate surface area is 114 Å². The van der Waals surface area contributed by atoms with Crippen LogP contribution in [0.2, 0.25) is 0 Å². The van der Waals surface area contributed by atoms with Crippen molar-refractivity contribution in [1.29, 1.82) is 0 Å². The second-order valence-electron chi connectivity index (χ2n) is 4.80. The summed E-state index contributed by atoms with van der Waals surface area (Å²) in [6.07, 6.45) is 4.34. The molecule has 5 heteroatoms. The topological polar surface area (TPSA) is 55.1 Å². The summed E-state index contributed by atoms with van der Waals surface area (Å²) in [5.74, 6) is -0.749. The number of benzene rings is 1. The zero-order valence-corrected chi connectivity index (χ0v) is 11.6. The van der Waals surface area contributed by atoms with Crippen molar-refractivity contribution in [2.24, 2.45) is 5.73 Å². The van der Waals surface area contributed by atoms with Crippen LogP contribution in [0.15, 0.2) is 22.7 Å². The van der Waals surface area contributed by atoms with Crippen LogP contribution in [-0.2, 0) is 4.79 Å². The lowest BCUT2D eigenvalue weighted by Crippen LogP contribution is -2.52. The number of carbonyl (C=O) groups is 1. The minimum absolute atomic E-state index is 0.179. The monoisotopic (exact) mass is 314 g/mol. The predicted octanol–water partition coefficient (Wildman–Crippen LogP) is 3.19. The number of rotatable bonds is 2. The maximum atomic E-state index is 13.6. The standard InChI is InChI=1S/C13H16BrFN2O/c14-9-4-5-11(10(15)8-9)17-12(18)13(16)6-2-1-3-7-13/h4-5,8H,1-3,6-7,16H2,(H,17,18). The van der Waals surface area contributed by atoms with Crippen LogP contribution in [-0.4, -0.2) is 11.4 Å². The Morgan fingerprint density at radius 2 is 2.00 bits per heavy atom. The molecular weight excluding hydrogens is 299 g/mol. The van der Waals surface area contributed by atoms with Gasteiger partial charge in [0.2, 0.25) is 5.91 Å². The molecule has 2 rings (SSSR count). The van der Waals surface area contributed by atoms with Crippen LogP contribution in [0.3, 0.4) is 0 Å². The summed E-state index contributed by atoms with van der Waals surface area (Å²) in [5, 5.41) is 2.59. The van der Waals surface area contributed by atoms with E-state index in [4.69, 9.17) is 5.73 Å². The molecule has 18 heavy (non-hydrogen) atoms. The van der Waals surface area contributed by atoms with Crippen LogP contribution >= 0.6 is 15.9 Å². The first kappa shape index (κ1) is 13.5. The third-order valence-electron chi connectivity index (χ3n) is 3.38. The quantitative estimate of drug-likeness (QED) is 0.880. The smallest absolute Gasteiger partial charge is 0.244 e. The molecule has 1 aromatic carbocycles. The molecule has 1 aliphatic rings. The largest absolute Gasteiger partial charge is 0.322 e. The van der Waals surface area contributed by atoms with Gasteiger partial charge in [-0.15, -0.1) is 0 Å². The van der Waals surface area contributed by atoms with Crippen molar-refractivity contribution in [1.82, 2.24) is 0 Å². The van der Waals surface area contributed by atoms with Crippen molar-refractivity contribution in [3.8, 4) is 0 Å². The van der Waals surface area contributed by atoms with E-state index in [1.807, 2.05) is 0 Å². The summed E-state index contributed by atoms with van der Waals surface area (Å²) in [6.45, 7) is 0. The molecule has 0 heterocycles. The molecule has 0 radical (unpaired) electrons. The molecule has 3 N–H and O–H groups in total. The van der Waals surface area contributed by atoms with E-state index in [0.717, 1.165) is 19.3 Å². The molecule has 3 nitrogen and oxygen atoms in total. The molecule has 98 valence electrons. The third kappa shape index (κ3) is 2.90. The maximum absolute atomic E-state index is 13.6. The first-order valence-corrected chi connectivity index (χ1v) is 6.86. The molecule has 1 aromatic rings. The van der Waals surface area contributed by atoms with Crippen LogP contribution < -0.4 is 11.1 Å². The van der Waals surface area contributed by atoms with Gasteiger partial charge in [-0.05, 0) is 31.0 Å². The first-order chi connectivity index (χ1) is 8.51. The summed E-state index contributed by atoms with van der Waals surface area (Å²) in [4.78, 5) is 12.1. The van der Waals surface area contributed by atoms with Gasteiger partial charge in [-0.25, -0.2) is 4.39 Å². The molecule has 0 saturated heterocycles. The average Bonchev–Trinajstić information content (AvgIpc) is 2.33. The first-order valence-electron chi connectivity index (χ1n) is 6.07. The highest BCUT2D eigenvalue weighted by atomic mass is 79.9. The van der Waals surface area contributed by atoms with Crippen molar-refractivity contribution in [3.63, 3.8) is 0 Å². The highest BCUT2D eigenvalue weighted by Crippen LogP contribution is 2.28. The highest BCUT2D eigenvalue weighted by Gasteiger charge is 2.35. The number of nitrogens with one attached hydrogen (secondary N) is 1. The van der Waals surface area contributed by atoms with Gasteiger partial charge in [-0.2, -0.15) is 0 Å². The number of carbonyl (C=O) groups excluding carboxylic acids is 1. The van der Waals surface area contributed by atoms with Gasteiger partial charge >= 0.3 is 0 Å². The second kappa shape index (κ2) is 5.36. The fourth-order valence-corrected chi connectivity index (χ4v) is 2.58. The van der Waals surface area contributed by atoms with E-state index in [1.54, 1.807) is 6.07 Å². The number of anilines is 1. The Hall–Kier alpha value is -0.940. The molecule has 1 fully saturated rings. The van der Waals surface area contributed by atoms with Gasteiger partial charge in [0.1, 0.15) is 5.82 Å². The number of amides is 1. The molecule has 0 unspecified atom stereocenters. The van der Waals surface area contributed by atoms with E-state index < -0.39 is 11.4 Å². The lowest BCUT2D eigenvalue weighted by Gasteiger charge is -2.31. The maximum Gasteiger partial charge on any atom is 0.244 e. The SMILES string of the molecule is NC1(C(=O)Nc2ccc(Br)cc2F)CCCCC1. The fraction of sp³-hybridized carbons (Fsp3) is 0.462. The van der Waals surface area contributed by atoms with Gasteiger partial charge in [-0.3, -0.25) is 4.79 Å². The number of halogens is 2. The molecule has 0 spiro atoms. The van der Waals surface area contributed by atoms with E-state index in [2.05, 4.69) is 21.2 Å². The summed E-state index contributed by atoms with van der Waals surface area (Å²) < 4.78 is 14.3. The summed E-state index contributed by atoms with van der Waals surface area (Å²) >= 11 is 3.17. The Morgan fingerprint density at radius 3 is 2.61 bits per heavy atom. The van der Waals surface area contributed by atoms with Gasteiger partial charge in [-0.1, -0.05) is 35.2 Å². The van der Waals surface area contributed by atoms with Crippen molar-refractivity contribution >= 4 is 27.5 Å². The van der Waals surface area contributed by atoms with Gasteiger partial charge in [0, 0.05) is 4.47 Å². The van der Waals surface area contributed by atoms with Crippen molar-refractivity contribution in [2.45, 2.75) is 37.6 Å². The second-order valence-corrected chi connectivity index (χ2v) is 5.71. The normalized spacial score (nSPS) is 18.4. The van der Waals surface area contributed by atoms with Crippen LogP contribution in [0.1, 0.15) is 32.1 Å². The Morgan fingerprint density at radius 1 is 1.33 bits per heavy atom. The number of hydrogen-bond donors (Lipinski definition) is 2. The van der Waals surface area contributed by atoms with E-state index in [0.29, 0.717) is 17.3 Å². The molecule has 0 bridgehead atoms. The van der Waals surface area contributed by atoms with Crippen molar-refractivity contribution in [2.75, 3.05) is 5.32 Å². The third-order valence-corrected chi connectivity index (χ3v) is 3.87. The van der Waals surface area contributed by atoms with Crippen LogP contribution in [0, 0.1) is 5.82 Å².